The van der Waals surface area contributed by atoms with Crippen molar-refractivity contribution in [2.45, 2.75) is 39.5 Å². The second-order valence-electron chi connectivity index (χ2n) is 5.74. The zero-order valence-electron chi connectivity index (χ0n) is 12.7. The molecule has 0 aromatic heterocycles. The number of ether oxygens (including phenoxy) is 1. The molecule has 1 N–H and O–H groups in total. The number of amides is 1. The number of carbonyl (C=O) groups is 2. The van der Waals surface area contributed by atoms with E-state index in [9.17, 15) is 9.59 Å². The molecule has 21 heavy (non-hydrogen) atoms. The number of hydrogen-bond donors (Lipinski definition) is 1. The van der Waals surface area contributed by atoms with Gasteiger partial charge < -0.3 is 10.1 Å². The maximum absolute atomic E-state index is 12.2. The number of hydrogen-bond acceptors (Lipinski definition) is 3. The lowest BCUT2D eigenvalue weighted by Gasteiger charge is -2.25. The first-order valence-electron chi connectivity index (χ1n) is 7.68. The van der Waals surface area contributed by atoms with Crippen molar-refractivity contribution in [3.8, 4) is 0 Å². The molecule has 1 saturated carbocycles. The summed E-state index contributed by atoms with van der Waals surface area (Å²) in [7, 11) is 0. The van der Waals surface area contributed by atoms with Crippen molar-refractivity contribution >= 4 is 17.6 Å². The molecule has 1 amide bonds. The first kappa shape index (κ1) is 15.5. The van der Waals surface area contributed by atoms with E-state index in [4.69, 9.17) is 4.74 Å². The average Bonchev–Trinajstić information content (AvgIpc) is 2.49. The molecule has 114 valence electrons. The van der Waals surface area contributed by atoms with Crippen LogP contribution >= 0.6 is 0 Å². The summed E-state index contributed by atoms with van der Waals surface area (Å²) in [5, 5.41) is 2.93. The fraction of sp³-hybridized carbons (Fsp3) is 0.529. The average molecular weight is 289 g/mol. The molecular formula is C17H23NO3. The van der Waals surface area contributed by atoms with E-state index in [0.29, 0.717) is 12.2 Å². The molecule has 0 spiro atoms. The molecule has 0 heterocycles. The normalized spacial score (nSPS) is 21.6. The summed E-state index contributed by atoms with van der Waals surface area (Å²) in [6, 6.07) is 6.85. The standard InChI is InChI=1S/C17H23NO3/c1-3-21-17(20)14-8-10-15(11-9-14)18-16(19)13-6-4-12(2)5-7-13/h8-13H,3-7H2,1-2H3,(H,18,19). The van der Waals surface area contributed by atoms with Gasteiger partial charge in [0.25, 0.3) is 0 Å². The van der Waals surface area contributed by atoms with Crippen molar-refractivity contribution in [2.24, 2.45) is 11.8 Å². The van der Waals surface area contributed by atoms with Crippen LogP contribution < -0.4 is 5.32 Å². The number of benzene rings is 1. The molecule has 1 aromatic rings. The first-order valence-corrected chi connectivity index (χ1v) is 7.68. The van der Waals surface area contributed by atoms with Crippen molar-refractivity contribution in [1.82, 2.24) is 0 Å². The minimum Gasteiger partial charge on any atom is -0.462 e. The Morgan fingerprint density at radius 2 is 1.76 bits per heavy atom. The van der Waals surface area contributed by atoms with Crippen LogP contribution in [0.25, 0.3) is 0 Å². The highest BCUT2D eigenvalue weighted by Crippen LogP contribution is 2.29. The van der Waals surface area contributed by atoms with Gasteiger partial charge in [0.15, 0.2) is 0 Å². The second kappa shape index (κ2) is 7.25. The third kappa shape index (κ3) is 4.31. The minimum absolute atomic E-state index is 0.0887. The molecule has 1 aliphatic rings. The molecule has 4 heteroatoms. The lowest BCUT2D eigenvalue weighted by atomic mass is 9.82. The number of anilines is 1. The fourth-order valence-corrected chi connectivity index (χ4v) is 2.67. The van der Waals surface area contributed by atoms with E-state index in [0.717, 1.165) is 37.3 Å². The van der Waals surface area contributed by atoms with Gasteiger partial charge in [0.2, 0.25) is 5.91 Å². The van der Waals surface area contributed by atoms with Gasteiger partial charge in [-0.3, -0.25) is 4.79 Å². The third-order valence-corrected chi connectivity index (χ3v) is 4.05. The van der Waals surface area contributed by atoms with Crippen molar-refractivity contribution in [3.63, 3.8) is 0 Å². The fourth-order valence-electron chi connectivity index (χ4n) is 2.67. The van der Waals surface area contributed by atoms with E-state index >= 15 is 0 Å². The minimum atomic E-state index is -0.336. The number of nitrogens with one attached hydrogen (secondary N) is 1. The van der Waals surface area contributed by atoms with Crippen LogP contribution in [0.4, 0.5) is 5.69 Å². The summed E-state index contributed by atoms with van der Waals surface area (Å²) in [5.41, 5.74) is 1.23. The molecule has 0 bridgehead atoms. The van der Waals surface area contributed by atoms with Crippen molar-refractivity contribution < 1.29 is 14.3 Å². The number of esters is 1. The van der Waals surface area contributed by atoms with Crippen LogP contribution in [0.15, 0.2) is 24.3 Å². The molecule has 4 nitrogen and oxygen atoms in total. The summed E-state index contributed by atoms with van der Waals surface area (Å²) in [5.74, 6) is 0.603. The van der Waals surface area contributed by atoms with E-state index in [1.807, 2.05) is 0 Å². The van der Waals surface area contributed by atoms with Gasteiger partial charge in [-0.15, -0.1) is 0 Å². The Bertz CT molecular complexity index is 487. The molecule has 0 atom stereocenters. The van der Waals surface area contributed by atoms with Crippen LogP contribution in [0.5, 0.6) is 0 Å². The maximum Gasteiger partial charge on any atom is 0.338 e. The SMILES string of the molecule is CCOC(=O)c1ccc(NC(=O)C2CCC(C)CC2)cc1. The van der Waals surface area contributed by atoms with Crippen molar-refractivity contribution in [3.05, 3.63) is 29.8 Å². The van der Waals surface area contributed by atoms with E-state index < -0.39 is 0 Å². The zero-order chi connectivity index (χ0) is 15.2. The lowest BCUT2D eigenvalue weighted by Crippen LogP contribution is -2.26. The Hall–Kier alpha value is -1.84. The lowest BCUT2D eigenvalue weighted by molar-refractivity contribution is -0.121. The van der Waals surface area contributed by atoms with Gasteiger partial charge in [-0.2, -0.15) is 0 Å². The predicted octanol–water partition coefficient (Wildman–Crippen LogP) is 3.63. The largest absolute Gasteiger partial charge is 0.462 e. The number of carbonyl (C=O) groups excluding carboxylic acids is 2. The van der Waals surface area contributed by atoms with Crippen molar-refractivity contribution in [1.29, 1.82) is 0 Å². The van der Waals surface area contributed by atoms with Crippen LogP contribution in [0.3, 0.4) is 0 Å². The van der Waals surface area contributed by atoms with Crippen LogP contribution in [-0.2, 0) is 9.53 Å². The van der Waals surface area contributed by atoms with Gasteiger partial charge in [0.1, 0.15) is 0 Å². The molecule has 0 unspecified atom stereocenters. The van der Waals surface area contributed by atoms with Crippen molar-refractivity contribution in [2.75, 3.05) is 11.9 Å². The van der Waals surface area contributed by atoms with Gasteiger partial charge >= 0.3 is 5.97 Å². The Balaban J connectivity index is 1.91. The van der Waals surface area contributed by atoms with E-state index in [1.165, 1.54) is 0 Å². The molecule has 0 radical (unpaired) electrons. The highest BCUT2D eigenvalue weighted by atomic mass is 16.5. The van der Waals surface area contributed by atoms with E-state index in [2.05, 4.69) is 12.2 Å². The molecule has 0 saturated heterocycles. The molecule has 0 aliphatic heterocycles. The third-order valence-electron chi connectivity index (χ3n) is 4.05. The van der Waals surface area contributed by atoms with Crippen LogP contribution in [0, 0.1) is 11.8 Å². The van der Waals surface area contributed by atoms with E-state index in [1.54, 1.807) is 31.2 Å². The topological polar surface area (TPSA) is 55.4 Å². The summed E-state index contributed by atoms with van der Waals surface area (Å²) in [6.07, 6.45) is 4.18. The van der Waals surface area contributed by atoms with Crippen LogP contribution in [0.2, 0.25) is 0 Å². The Labute approximate surface area is 125 Å². The van der Waals surface area contributed by atoms with Gasteiger partial charge in [-0.1, -0.05) is 6.92 Å². The zero-order valence-corrected chi connectivity index (χ0v) is 12.7. The highest BCUT2D eigenvalue weighted by Gasteiger charge is 2.24. The Kier molecular flexibility index (Phi) is 5.37. The Morgan fingerprint density at radius 3 is 2.33 bits per heavy atom. The smallest absolute Gasteiger partial charge is 0.338 e. The second-order valence-corrected chi connectivity index (χ2v) is 5.74. The summed E-state index contributed by atoms with van der Waals surface area (Å²) in [4.78, 5) is 23.7. The van der Waals surface area contributed by atoms with E-state index in [-0.39, 0.29) is 17.8 Å². The molecule has 2 rings (SSSR count). The summed E-state index contributed by atoms with van der Waals surface area (Å²) < 4.78 is 4.93. The first-order chi connectivity index (χ1) is 10.1. The molecule has 1 fully saturated rings. The molecule has 1 aromatic carbocycles. The monoisotopic (exact) mass is 289 g/mol. The Morgan fingerprint density at radius 1 is 1.14 bits per heavy atom. The summed E-state index contributed by atoms with van der Waals surface area (Å²) >= 11 is 0. The predicted molar refractivity (Wildman–Crippen MR) is 82.2 cm³/mol. The van der Waals surface area contributed by atoms with Gasteiger partial charge in [-0.25, -0.2) is 4.79 Å². The maximum atomic E-state index is 12.2. The summed E-state index contributed by atoms with van der Waals surface area (Å²) in [6.45, 7) is 4.37. The number of rotatable bonds is 4. The molecule has 1 aliphatic carbocycles. The quantitative estimate of drug-likeness (QED) is 0.861. The van der Waals surface area contributed by atoms with Gasteiger partial charge in [-0.05, 0) is 62.8 Å². The van der Waals surface area contributed by atoms with Gasteiger partial charge in [0.05, 0.1) is 12.2 Å². The van der Waals surface area contributed by atoms with Crippen LogP contribution in [-0.4, -0.2) is 18.5 Å². The highest BCUT2D eigenvalue weighted by molar-refractivity contribution is 5.94. The van der Waals surface area contributed by atoms with Gasteiger partial charge in [0, 0.05) is 11.6 Å². The van der Waals surface area contributed by atoms with Crippen LogP contribution in [0.1, 0.15) is 49.9 Å². The molecular weight excluding hydrogens is 266 g/mol.